The molecule has 5 nitrogen and oxygen atoms in total. The molecule has 0 aliphatic heterocycles. The first-order valence-corrected chi connectivity index (χ1v) is 6.72. The molecular formula is C15H21N3O2. The Morgan fingerprint density at radius 1 is 1.20 bits per heavy atom. The van der Waals surface area contributed by atoms with Crippen molar-refractivity contribution in [1.82, 2.24) is 14.8 Å². The Kier molecular flexibility index (Phi) is 4.39. The zero-order chi connectivity index (χ0) is 14.7. The molecule has 1 N–H and O–H groups in total. The molecule has 1 atom stereocenters. The molecule has 1 aromatic carbocycles. The molecule has 5 heteroatoms. The molecular weight excluding hydrogens is 254 g/mol. The van der Waals surface area contributed by atoms with E-state index in [0.717, 1.165) is 22.7 Å². The van der Waals surface area contributed by atoms with Crippen molar-refractivity contribution in [2.45, 2.75) is 40.3 Å². The van der Waals surface area contributed by atoms with E-state index in [1.165, 1.54) is 0 Å². The fraction of sp³-hybridized carbons (Fsp3) is 0.467. The molecule has 0 aliphatic rings. The van der Waals surface area contributed by atoms with E-state index in [0.29, 0.717) is 12.4 Å². The van der Waals surface area contributed by atoms with E-state index in [1.54, 1.807) is 4.68 Å². The first kappa shape index (κ1) is 14.5. The lowest BCUT2D eigenvalue weighted by molar-refractivity contribution is 0.0879. The van der Waals surface area contributed by atoms with Crippen molar-refractivity contribution in [3.63, 3.8) is 0 Å². The van der Waals surface area contributed by atoms with Gasteiger partial charge < -0.3 is 9.84 Å². The van der Waals surface area contributed by atoms with Crippen LogP contribution in [0.3, 0.4) is 0 Å². The molecule has 0 radical (unpaired) electrons. The van der Waals surface area contributed by atoms with Crippen LogP contribution in [-0.2, 0) is 6.54 Å². The minimum atomic E-state index is -0.617. The van der Waals surface area contributed by atoms with Crippen molar-refractivity contribution in [3.8, 4) is 5.75 Å². The normalized spacial score (nSPS) is 12.4. The van der Waals surface area contributed by atoms with Crippen LogP contribution < -0.4 is 4.74 Å². The van der Waals surface area contributed by atoms with Gasteiger partial charge in [0.25, 0.3) is 0 Å². The summed E-state index contributed by atoms with van der Waals surface area (Å²) in [6.45, 7) is 8.34. The highest BCUT2D eigenvalue weighted by atomic mass is 16.5. The number of hydrogen-bond acceptors (Lipinski definition) is 4. The highest BCUT2D eigenvalue weighted by Gasteiger charge is 2.12. The molecule has 0 saturated carbocycles. The number of aryl methyl sites for hydroxylation is 4. The van der Waals surface area contributed by atoms with Crippen molar-refractivity contribution < 1.29 is 9.84 Å². The summed E-state index contributed by atoms with van der Waals surface area (Å²) in [5.41, 5.74) is 2.15. The monoisotopic (exact) mass is 275 g/mol. The smallest absolute Gasteiger partial charge is 0.147 e. The summed E-state index contributed by atoms with van der Waals surface area (Å²) >= 11 is 0. The molecule has 2 aromatic rings. The third-order valence-corrected chi connectivity index (χ3v) is 3.18. The Morgan fingerprint density at radius 3 is 2.40 bits per heavy atom. The second kappa shape index (κ2) is 6.05. The van der Waals surface area contributed by atoms with E-state index in [2.05, 4.69) is 10.1 Å². The van der Waals surface area contributed by atoms with Crippen LogP contribution >= 0.6 is 0 Å². The first-order valence-electron chi connectivity index (χ1n) is 6.72. The molecule has 0 aliphatic carbocycles. The van der Waals surface area contributed by atoms with Gasteiger partial charge in [0.15, 0.2) is 0 Å². The van der Waals surface area contributed by atoms with Crippen molar-refractivity contribution in [2.75, 3.05) is 6.61 Å². The summed E-state index contributed by atoms with van der Waals surface area (Å²) < 4.78 is 7.44. The van der Waals surface area contributed by atoms with Crippen LogP contribution in [0.1, 0.15) is 22.8 Å². The van der Waals surface area contributed by atoms with Gasteiger partial charge in [0.1, 0.15) is 30.1 Å². The first-order chi connectivity index (χ1) is 9.47. The maximum absolute atomic E-state index is 10.1. The van der Waals surface area contributed by atoms with Crippen LogP contribution in [0.4, 0.5) is 0 Å². The fourth-order valence-corrected chi connectivity index (χ4v) is 2.19. The number of aliphatic hydroxyl groups excluding tert-OH is 1. The van der Waals surface area contributed by atoms with Crippen LogP contribution in [-0.4, -0.2) is 32.6 Å². The number of rotatable bonds is 5. The topological polar surface area (TPSA) is 60.2 Å². The zero-order valence-corrected chi connectivity index (χ0v) is 12.4. The SMILES string of the molecule is Cc1nc(C)n(CC(O)COc2c(C)cccc2C)n1. The maximum Gasteiger partial charge on any atom is 0.147 e. The van der Waals surface area contributed by atoms with Crippen LogP contribution in [0.2, 0.25) is 0 Å². The molecule has 108 valence electrons. The zero-order valence-electron chi connectivity index (χ0n) is 12.4. The second-order valence-electron chi connectivity index (χ2n) is 5.07. The highest BCUT2D eigenvalue weighted by molar-refractivity contribution is 5.39. The van der Waals surface area contributed by atoms with Gasteiger partial charge >= 0.3 is 0 Å². The summed E-state index contributed by atoms with van der Waals surface area (Å²) in [7, 11) is 0. The van der Waals surface area contributed by atoms with E-state index in [1.807, 2.05) is 45.9 Å². The third kappa shape index (κ3) is 3.36. The average Bonchev–Trinajstić information content (AvgIpc) is 2.67. The van der Waals surface area contributed by atoms with Gasteiger partial charge in [-0.25, -0.2) is 9.67 Å². The Hall–Kier alpha value is -1.88. The third-order valence-electron chi connectivity index (χ3n) is 3.18. The van der Waals surface area contributed by atoms with Crippen molar-refractivity contribution in [3.05, 3.63) is 41.0 Å². The largest absolute Gasteiger partial charge is 0.490 e. The summed E-state index contributed by atoms with van der Waals surface area (Å²) in [5, 5.41) is 14.3. The van der Waals surface area contributed by atoms with Gasteiger partial charge in [-0.3, -0.25) is 0 Å². The van der Waals surface area contributed by atoms with Crippen molar-refractivity contribution >= 4 is 0 Å². The van der Waals surface area contributed by atoms with E-state index in [9.17, 15) is 5.11 Å². The molecule has 1 aromatic heterocycles. The second-order valence-corrected chi connectivity index (χ2v) is 5.07. The molecule has 0 bridgehead atoms. The molecule has 1 heterocycles. The Labute approximate surface area is 119 Å². The van der Waals surface area contributed by atoms with Gasteiger partial charge in [0, 0.05) is 0 Å². The summed E-state index contributed by atoms with van der Waals surface area (Å²) in [6, 6.07) is 5.99. The molecule has 0 fully saturated rings. The Morgan fingerprint density at radius 2 is 1.85 bits per heavy atom. The van der Waals surface area contributed by atoms with Gasteiger partial charge in [-0.2, -0.15) is 5.10 Å². The quantitative estimate of drug-likeness (QED) is 0.906. The van der Waals surface area contributed by atoms with Crippen LogP contribution in [0, 0.1) is 27.7 Å². The predicted octanol–water partition coefficient (Wildman–Crippen LogP) is 1.95. The van der Waals surface area contributed by atoms with Gasteiger partial charge in [0.2, 0.25) is 0 Å². The Bertz CT molecular complexity index is 573. The predicted molar refractivity (Wildman–Crippen MR) is 76.9 cm³/mol. The van der Waals surface area contributed by atoms with Gasteiger partial charge in [-0.05, 0) is 38.8 Å². The standard InChI is InChI=1S/C15H21N3O2/c1-10-6-5-7-11(2)15(10)20-9-14(19)8-18-13(4)16-12(3)17-18/h5-7,14,19H,8-9H2,1-4H3. The minimum Gasteiger partial charge on any atom is -0.490 e. The molecule has 0 amide bonds. The van der Waals surface area contributed by atoms with E-state index in [-0.39, 0.29) is 6.61 Å². The fourth-order valence-electron chi connectivity index (χ4n) is 2.19. The average molecular weight is 275 g/mol. The molecule has 2 rings (SSSR count). The molecule has 0 saturated heterocycles. The molecule has 20 heavy (non-hydrogen) atoms. The van der Waals surface area contributed by atoms with Crippen molar-refractivity contribution in [1.29, 1.82) is 0 Å². The highest BCUT2D eigenvalue weighted by Crippen LogP contribution is 2.22. The number of aliphatic hydroxyl groups is 1. The summed E-state index contributed by atoms with van der Waals surface area (Å²) in [6.07, 6.45) is -0.617. The summed E-state index contributed by atoms with van der Waals surface area (Å²) in [5.74, 6) is 2.36. The number of hydrogen-bond donors (Lipinski definition) is 1. The van der Waals surface area contributed by atoms with Gasteiger partial charge in [0.05, 0.1) is 6.54 Å². The number of nitrogens with zero attached hydrogens (tertiary/aromatic N) is 3. The number of aromatic nitrogens is 3. The van der Waals surface area contributed by atoms with Crippen LogP contribution in [0.25, 0.3) is 0 Å². The maximum atomic E-state index is 10.1. The lowest BCUT2D eigenvalue weighted by Gasteiger charge is -2.16. The molecule has 1 unspecified atom stereocenters. The van der Waals surface area contributed by atoms with Gasteiger partial charge in [-0.15, -0.1) is 0 Å². The Balaban J connectivity index is 1.95. The van der Waals surface area contributed by atoms with E-state index >= 15 is 0 Å². The van der Waals surface area contributed by atoms with Crippen LogP contribution in [0.5, 0.6) is 5.75 Å². The van der Waals surface area contributed by atoms with Crippen molar-refractivity contribution in [2.24, 2.45) is 0 Å². The number of ether oxygens (including phenoxy) is 1. The van der Waals surface area contributed by atoms with E-state index in [4.69, 9.17) is 4.74 Å². The lowest BCUT2D eigenvalue weighted by atomic mass is 10.1. The minimum absolute atomic E-state index is 0.240. The van der Waals surface area contributed by atoms with Crippen LogP contribution in [0.15, 0.2) is 18.2 Å². The van der Waals surface area contributed by atoms with E-state index < -0.39 is 6.10 Å². The van der Waals surface area contributed by atoms with Gasteiger partial charge in [-0.1, -0.05) is 18.2 Å². The summed E-state index contributed by atoms with van der Waals surface area (Å²) in [4.78, 5) is 4.21. The number of benzene rings is 1. The molecule has 0 spiro atoms. The number of para-hydroxylation sites is 1. The lowest BCUT2D eigenvalue weighted by Crippen LogP contribution is -2.25.